The topological polar surface area (TPSA) is 79.6 Å². The molecule has 1 aromatic carbocycles. The van der Waals surface area contributed by atoms with E-state index in [1.165, 1.54) is 0 Å². The standard InChI is InChI=1S/C25H31N5O2/c1-17(2)16-21(26-24(31)20-9-5-4-8-18(20)3)25(32)29-14-11-19(12-15-29)23-28-27-22-10-6-7-13-30(22)23/h4-10,13,17,19,21H,11-12,14-16H2,1-3H3,(H,26,31). The number of aromatic nitrogens is 3. The molecule has 0 saturated carbocycles. The third-order valence-electron chi connectivity index (χ3n) is 6.21. The average molecular weight is 434 g/mol. The molecule has 2 amide bonds. The van der Waals surface area contributed by atoms with Crippen molar-refractivity contribution in [1.29, 1.82) is 0 Å². The Hall–Kier alpha value is -3.22. The Balaban J connectivity index is 1.43. The van der Waals surface area contributed by atoms with E-state index in [9.17, 15) is 9.59 Å². The van der Waals surface area contributed by atoms with Crippen LogP contribution in [0.2, 0.25) is 0 Å². The van der Waals surface area contributed by atoms with Gasteiger partial charge in [-0.15, -0.1) is 10.2 Å². The maximum atomic E-state index is 13.4. The number of carbonyl (C=O) groups excluding carboxylic acids is 2. The highest BCUT2D eigenvalue weighted by Gasteiger charge is 2.32. The number of piperidine rings is 1. The van der Waals surface area contributed by atoms with E-state index in [0.29, 0.717) is 31.0 Å². The highest BCUT2D eigenvalue weighted by molar-refractivity contribution is 5.98. The van der Waals surface area contributed by atoms with Gasteiger partial charge in [0.2, 0.25) is 5.91 Å². The fourth-order valence-corrected chi connectivity index (χ4v) is 4.47. The summed E-state index contributed by atoms with van der Waals surface area (Å²) in [6.07, 6.45) is 4.27. The van der Waals surface area contributed by atoms with Gasteiger partial charge in [0.05, 0.1) is 0 Å². The Kier molecular flexibility index (Phi) is 6.53. The third kappa shape index (κ3) is 4.66. The molecule has 7 nitrogen and oxygen atoms in total. The van der Waals surface area contributed by atoms with Crippen molar-refractivity contribution in [2.45, 2.75) is 52.0 Å². The predicted molar refractivity (Wildman–Crippen MR) is 123 cm³/mol. The number of aryl methyl sites for hydroxylation is 1. The van der Waals surface area contributed by atoms with Gasteiger partial charge < -0.3 is 10.2 Å². The molecule has 32 heavy (non-hydrogen) atoms. The van der Waals surface area contributed by atoms with E-state index in [2.05, 4.69) is 29.4 Å². The van der Waals surface area contributed by atoms with Crippen LogP contribution >= 0.6 is 0 Å². The van der Waals surface area contributed by atoms with Gasteiger partial charge in [0, 0.05) is 30.8 Å². The quantitative estimate of drug-likeness (QED) is 0.644. The summed E-state index contributed by atoms with van der Waals surface area (Å²) in [6.45, 7) is 7.36. The molecule has 1 atom stereocenters. The SMILES string of the molecule is Cc1ccccc1C(=O)NC(CC(C)C)C(=O)N1CCC(c2nnc3ccccn23)CC1. The summed E-state index contributed by atoms with van der Waals surface area (Å²) in [6, 6.07) is 12.8. The Morgan fingerprint density at radius 2 is 1.78 bits per heavy atom. The average Bonchev–Trinajstić information content (AvgIpc) is 3.22. The van der Waals surface area contributed by atoms with E-state index in [-0.39, 0.29) is 17.7 Å². The lowest BCUT2D eigenvalue weighted by Gasteiger charge is -2.34. The molecule has 1 unspecified atom stereocenters. The molecule has 1 fully saturated rings. The number of fused-ring (bicyclic) bond motifs is 1. The Morgan fingerprint density at radius 1 is 1.06 bits per heavy atom. The number of likely N-dealkylation sites (tertiary alicyclic amines) is 1. The zero-order valence-corrected chi connectivity index (χ0v) is 19.0. The molecule has 0 spiro atoms. The van der Waals surface area contributed by atoms with Crippen molar-refractivity contribution in [2.24, 2.45) is 5.92 Å². The first kappa shape index (κ1) is 22.0. The lowest BCUT2D eigenvalue weighted by atomic mass is 9.94. The molecule has 7 heteroatoms. The van der Waals surface area contributed by atoms with Crippen molar-refractivity contribution in [3.8, 4) is 0 Å². The second-order valence-electron chi connectivity index (χ2n) is 9.06. The number of amides is 2. The molecular weight excluding hydrogens is 402 g/mol. The number of hydrogen-bond acceptors (Lipinski definition) is 4. The zero-order valence-electron chi connectivity index (χ0n) is 19.0. The van der Waals surface area contributed by atoms with Crippen LogP contribution in [0.3, 0.4) is 0 Å². The van der Waals surface area contributed by atoms with Gasteiger partial charge >= 0.3 is 0 Å². The second-order valence-corrected chi connectivity index (χ2v) is 9.06. The van der Waals surface area contributed by atoms with E-state index < -0.39 is 6.04 Å². The summed E-state index contributed by atoms with van der Waals surface area (Å²) in [4.78, 5) is 28.1. The van der Waals surface area contributed by atoms with Gasteiger partial charge in [0.15, 0.2) is 5.65 Å². The number of carbonyl (C=O) groups is 2. The molecular formula is C25H31N5O2. The number of nitrogens with one attached hydrogen (secondary N) is 1. The minimum Gasteiger partial charge on any atom is -0.341 e. The van der Waals surface area contributed by atoms with Crippen molar-refractivity contribution >= 4 is 17.5 Å². The Morgan fingerprint density at radius 3 is 2.50 bits per heavy atom. The molecule has 1 N–H and O–H groups in total. The van der Waals surface area contributed by atoms with Crippen molar-refractivity contribution in [1.82, 2.24) is 24.8 Å². The molecule has 1 aliphatic rings. The minimum absolute atomic E-state index is 0.00480. The molecule has 1 saturated heterocycles. The molecule has 4 rings (SSSR count). The van der Waals surface area contributed by atoms with Gasteiger partial charge in [-0.3, -0.25) is 14.0 Å². The van der Waals surface area contributed by atoms with Crippen LogP contribution in [0.25, 0.3) is 5.65 Å². The van der Waals surface area contributed by atoms with Crippen LogP contribution < -0.4 is 5.32 Å². The normalized spacial score (nSPS) is 15.8. The van der Waals surface area contributed by atoms with E-state index in [1.807, 2.05) is 58.8 Å². The number of rotatable bonds is 6. The molecule has 2 aromatic heterocycles. The van der Waals surface area contributed by atoms with Gasteiger partial charge in [-0.05, 0) is 55.9 Å². The van der Waals surface area contributed by atoms with E-state index in [4.69, 9.17) is 0 Å². The highest BCUT2D eigenvalue weighted by atomic mass is 16.2. The molecule has 3 heterocycles. The zero-order chi connectivity index (χ0) is 22.7. The molecule has 0 bridgehead atoms. The number of benzene rings is 1. The summed E-state index contributed by atoms with van der Waals surface area (Å²) >= 11 is 0. The van der Waals surface area contributed by atoms with Crippen LogP contribution in [-0.2, 0) is 4.79 Å². The number of hydrogen-bond donors (Lipinski definition) is 1. The lowest BCUT2D eigenvalue weighted by Crippen LogP contribution is -2.51. The van der Waals surface area contributed by atoms with E-state index in [1.54, 1.807) is 6.07 Å². The molecule has 1 aliphatic heterocycles. The molecule has 0 radical (unpaired) electrons. The Bertz CT molecular complexity index is 1100. The number of pyridine rings is 1. The van der Waals surface area contributed by atoms with Crippen LogP contribution in [-0.4, -0.2) is 50.4 Å². The smallest absolute Gasteiger partial charge is 0.252 e. The van der Waals surface area contributed by atoms with Gasteiger partial charge in [-0.2, -0.15) is 0 Å². The van der Waals surface area contributed by atoms with Crippen LogP contribution in [0.1, 0.15) is 60.8 Å². The van der Waals surface area contributed by atoms with E-state index >= 15 is 0 Å². The summed E-state index contributed by atoms with van der Waals surface area (Å²) < 4.78 is 2.03. The van der Waals surface area contributed by atoms with Gasteiger partial charge in [0.1, 0.15) is 11.9 Å². The fraction of sp³-hybridized carbons (Fsp3) is 0.440. The summed E-state index contributed by atoms with van der Waals surface area (Å²) in [5.74, 6) is 1.33. The van der Waals surface area contributed by atoms with Crippen LogP contribution in [0.5, 0.6) is 0 Å². The van der Waals surface area contributed by atoms with Crippen LogP contribution in [0.4, 0.5) is 0 Å². The second kappa shape index (κ2) is 9.51. The maximum Gasteiger partial charge on any atom is 0.252 e. The van der Waals surface area contributed by atoms with Crippen molar-refractivity contribution < 1.29 is 9.59 Å². The van der Waals surface area contributed by atoms with Crippen molar-refractivity contribution in [3.05, 3.63) is 65.6 Å². The van der Waals surface area contributed by atoms with Gasteiger partial charge in [0.25, 0.3) is 5.91 Å². The van der Waals surface area contributed by atoms with Crippen molar-refractivity contribution in [2.75, 3.05) is 13.1 Å². The fourth-order valence-electron chi connectivity index (χ4n) is 4.47. The highest BCUT2D eigenvalue weighted by Crippen LogP contribution is 2.27. The third-order valence-corrected chi connectivity index (χ3v) is 6.21. The van der Waals surface area contributed by atoms with Crippen LogP contribution in [0.15, 0.2) is 48.7 Å². The lowest BCUT2D eigenvalue weighted by molar-refractivity contribution is -0.134. The molecule has 3 aromatic rings. The van der Waals surface area contributed by atoms with Crippen molar-refractivity contribution in [3.63, 3.8) is 0 Å². The first-order chi connectivity index (χ1) is 15.4. The van der Waals surface area contributed by atoms with Gasteiger partial charge in [-0.25, -0.2) is 0 Å². The summed E-state index contributed by atoms with van der Waals surface area (Å²) in [5.41, 5.74) is 2.37. The monoisotopic (exact) mass is 433 g/mol. The van der Waals surface area contributed by atoms with E-state index in [0.717, 1.165) is 29.9 Å². The predicted octanol–water partition coefficient (Wildman–Crippen LogP) is 3.59. The van der Waals surface area contributed by atoms with Crippen LogP contribution in [0, 0.1) is 12.8 Å². The minimum atomic E-state index is -0.521. The maximum absolute atomic E-state index is 13.4. The number of nitrogens with zero attached hydrogens (tertiary/aromatic N) is 4. The molecule has 168 valence electrons. The van der Waals surface area contributed by atoms with Gasteiger partial charge in [-0.1, -0.05) is 38.1 Å². The summed E-state index contributed by atoms with van der Waals surface area (Å²) in [5, 5.41) is 11.7. The largest absolute Gasteiger partial charge is 0.341 e. The first-order valence-corrected chi connectivity index (χ1v) is 11.4. The summed E-state index contributed by atoms with van der Waals surface area (Å²) in [7, 11) is 0. The Labute approximate surface area is 188 Å². The first-order valence-electron chi connectivity index (χ1n) is 11.4. The molecule has 0 aliphatic carbocycles.